The van der Waals surface area contributed by atoms with Gasteiger partial charge in [-0.15, -0.1) is 0 Å². The highest BCUT2D eigenvalue weighted by Gasteiger charge is 2.36. The number of benzene rings is 2. The molecule has 0 aliphatic carbocycles. The molecule has 0 aromatic heterocycles. The first-order chi connectivity index (χ1) is 13.1. The Morgan fingerprint density at radius 1 is 0.852 bits per heavy atom. The van der Waals surface area contributed by atoms with Crippen molar-refractivity contribution in [2.75, 3.05) is 26.2 Å². The fourth-order valence-corrected chi connectivity index (χ4v) is 3.87. The zero-order chi connectivity index (χ0) is 19.0. The zero-order valence-electron chi connectivity index (χ0n) is 15.7. The lowest BCUT2D eigenvalue weighted by molar-refractivity contribution is -0.141. The van der Waals surface area contributed by atoms with E-state index in [4.69, 9.17) is 4.74 Å². The molecule has 0 spiro atoms. The van der Waals surface area contributed by atoms with Crippen molar-refractivity contribution in [3.63, 3.8) is 0 Å². The van der Waals surface area contributed by atoms with E-state index in [9.17, 15) is 9.59 Å². The summed E-state index contributed by atoms with van der Waals surface area (Å²) in [7, 11) is 0. The van der Waals surface area contributed by atoms with E-state index in [-0.39, 0.29) is 23.7 Å². The second kappa shape index (κ2) is 7.06. The van der Waals surface area contributed by atoms with Crippen molar-refractivity contribution in [2.45, 2.75) is 19.8 Å². The molecule has 5 nitrogen and oxygen atoms in total. The van der Waals surface area contributed by atoms with Gasteiger partial charge in [-0.1, -0.05) is 50.2 Å². The molecule has 1 fully saturated rings. The van der Waals surface area contributed by atoms with Crippen LogP contribution in [0.5, 0.6) is 11.5 Å². The van der Waals surface area contributed by atoms with Crippen LogP contribution in [0.3, 0.4) is 0 Å². The number of amides is 2. The maximum atomic E-state index is 13.5. The molecule has 140 valence electrons. The normalized spacial score (nSPS) is 16.6. The molecule has 0 bridgehead atoms. The summed E-state index contributed by atoms with van der Waals surface area (Å²) >= 11 is 0. The van der Waals surface area contributed by atoms with E-state index in [1.54, 1.807) is 0 Å². The standard InChI is InChI=1S/C22H24N2O3/c1-15(2)21(25)23-11-13-24(14-12-23)22(26)20-16-7-3-5-9-18(16)27-19-10-6-4-8-17(19)20/h3-10,15,20H,11-14H2,1-2H3. The predicted molar refractivity (Wildman–Crippen MR) is 103 cm³/mol. The van der Waals surface area contributed by atoms with Gasteiger partial charge >= 0.3 is 0 Å². The van der Waals surface area contributed by atoms with Gasteiger partial charge in [0.1, 0.15) is 11.5 Å². The zero-order valence-corrected chi connectivity index (χ0v) is 15.7. The molecule has 0 N–H and O–H groups in total. The summed E-state index contributed by atoms with van der Waals surface area (Å²) in [5.74, 6) is 1.34. The van der Waals surface area contributed by atoms with Crippen molar-refractivity contribution in [1.82, 2.24) is 9.80 Å². The summed E-state index contributed by atoms with van der Waals surface area (Å²) in [5, 5.41) is 0. The number of ether oxygens (including phenoxy) is 1. The van der Waals surface area contributed by atoms with Crippen LogP contribution in [0.4, 0.5) is 0 Å². The van der Waals surface area contributed by atoms with Gasteiger partial charge in [-0.2, -0.15) is 0 Å². The van der Waals surface area contributed by atoms with E-state index >= 15 is 0 Å². The highest BCUT2D eigenvalue weighted by Crippen LogP contribution is 2.44. The van der Waals surface area contributed by atoms with Gasteiger partial charge < -0.3 is 14.5 Å². The summed E-state index contributed by atoms with van der Waals surface area (Å²) < 4.78 is 6.00. The lowest BCUT2D eigenvalue weighted by Gasteiger charge is -2.38. The monoisotopic (exact) mass is 364 g/mol. The SMILES string of the molecule is CC(C)C(=O)N1CCN(C(=O)C2c3ccccc3Oc3ccccc32)CC1. The predicted octanol–water partition coefficient (Wildman–Crippen LogP) is 3.25. The molecule has 2 aromatic rings. The van der Waals surface area contributed by atoms with Gasteiger partial charge in [0.15, 0.2) is 0 Å². The second-order valence-electron chi connectivity index (χ2n) is 7.42. The summed E-state index contributed by atoms with van der Waals surface area (Å²) in [5.41, 5.74) is 1.81. The first kappa shape index (κ1) is 17.6. The van der Waals surface area contributed by atoms with Crippen molar-refractivity contribution >= 4 is 11.8 Å². The average molecular weight is 364 g/mol. The summed E-state index contributed by atoms with van der Waals surface area (Å²) in [6.07, 6.45) is 0. The largest absolute Gasteiger partial charge is 0.457 e. The highest BCUT2D eigenvalue weighted by atomic mass is 16.5. The van der Waals surface area contributed by atoms with Crippen LogP contribution >= 0.6 is 0 Å². The molecule has 0 unspecified atom stereocenters. The molecule has 2 aromatic carbocycles. The molecule has 0 atom stereocenters. The number of nitrogens with zero attached hydrogens (tertiary/aromatic N) is 2. The van der Waals surface area contributed by atoms with E-state index in [0.717, 1.165) is 22.6 Å². The number of para-hydroxylation sites is 2. The minimum atomic E-state index is -0.362. The molecular formula is C22H24N2O3. The summed E-state index contributed by atoms with van der Waals surface area (Å²) in [6, 6.07) is 15.5. The first-order valence-electron chi connectivity index (χ1n) is 9.49. The smallest absolute Gasteiger partial charge is 0.234 e. The number of carbonyl (C=O) groups excluding carboxylic acids is 2. The number of piperazine rings is 1. The van der Waals surface area contributed by atoms with Crippen LogP contribution in [-0.2, 0) is 9.59 Å². The fraction of sp³-hybridized carbons (Fsp3) is 0.364. The molecule has 27 heavy (non-hydrogen) atoms. The van der Waals surface area contributed by atoms with Gasteiger partial charge in [0.25, 0.3) is 0 Å². The van der Waals surface area contributed by atoms with Crippen molar-refractivity contribution in [1.29, 1.82) is 0 Å². The quantitative estimate of drug-likeness (QED) is 0.822. The Labute approximate surface area is 159 Å². The number of fused-ring (bicyclic) bond motifs is 2. The van der Waals surface area contributed by atoms with Crippen molar-refractivity contribution in [3.05, 3.63) is 59.7 Å². The average Bonchev–Trinajstić information content (AvgIpc) is 2.71. The number of rotatable bonds is 2. The Kier molecular flexibility index (Phi) is 4.60. The van der Waals surface area contributed by atoms with Crippen molar-refractivity contribution < 1.29 is 14.3 Å². The number of hydrogen-bond donors (Lipinski definition) is 0. The number of hydrogen-bond acceptors (Lipinski definition) is 3. The van der Waals surface area contributed by atoms with E-state index in [0.29, 0.717) is 26.2 Å². The molecule has 2 aliphatic heterocycles. The van der Waals surface area contributed by atoms with Gasteiger partial charge in [-0.3, -0.25) is 9.59 Å². The lowest BCUT2D eigenvalue weighted by Crippen LogP contribution is -2.52. The molecule has 2 heterocycles. The fourth-order valence-electron chi connectivity index (χ4n) is 3.87. The van der Waals surface area contributed by atoms with Crippen molar-refractivity contribution in [3.8, 4) is 11.5 Å². The molecule has 0 radical (unpaired) electrons. The Morgan fingerprint density at radius 3 is 1.85 bits per heavy atom. The van der Waals surface area contributed by atoms with E-state index in [1.165, 1.54) is 0 Å². The Bertz CT molecular complexity index is 824. The molecule has 2 amide bonds. The number of carbonyl (C=O) groups is 2. The molecule has 2 aliphatic rings. The van der Waals surface area contributed by atoms with E-state index < -0.39 is 0 Å². The van der Waals surface area contributed by atoms with Crippen LogP contribution in [0.1, 0.15) is 30.9 Å². The maximum Gasteiger partial charge on any atom is 0.234 e. The van der Waals surface area contributed by atoms with Gasteiger partial charge in [0.05, 0.1) is 5.92 Å². The highest BCUT2D eigenvalue weighted by molar-refractivity contribution is 5.90. The van der Waals surface area contributed by atoms with Gasteiger partial charge in [-0.05, 0) is 12.1 Å². The van der Waals surface area contributed by atoms with Crippen LogP contribution in [0.2, 0.25) is 0 Å². The minimum Gasteiger partial charge on any atom is -0.457 e. The second-order valence-corrected chi connectivity index (χ2v) is 7.42. The van der Waals surface area contributed by atoms with Gasteiger partial charge in [0.2, 0.25) is 11.8 Å². The third-order valence-electron chi connectivity index (χ3n) is 5.32. The van der Waals surface area contributed by atoms with Crippen LogP contribution in [-0.4, -0.2) is 47.8 Å². The molecule has 4 rings (SSSR count). The van der Waals surface area contributed by atoms with Crippen LogP contribution in [0.25, 0.3) is 0 Å². The molecule has 0 saturated carbocycles. The third-order valence-corrected chi connectivity index (χ3v) is 5.32. The first-order valence-corrected chi connectivity index (χ1v) is 9.49. The lowest BCUT2D eigenvalue weighted by atomic mass is 9.86. The topological polar surface area (TPSA) is 49.9 Å². The molecular weight excluding hydrogens is 340 g/mol. The van der Waals surface area contributed by atoms with Crippen LogP contribution in [0.15, 0.2) is 48.5 Å². The summed E-state index contributed by atoms with van der Waals surface area (Å²) in [4.78, 5) is 29.4. The Morgan fingerprint density at radius 2 is 1.33 bits per heavy atom. The minimum absolute atomic E-state index is 0.0125. The van der Waals surface area contributed by atoms with Gasteiger partial charge in [-0.25, -0.2) is 0 Å². The maximum absolute atomic E-state index is 13.5. The van der Waals surface area contributed by atoms with Crippen LogP contribution in [0, 0.1) is 5.92 Å². The van der Waals surface area contributed by atoms with E-state index in [2.05, 4.69) is 0 Å². The van der Waals surface area contributed by atoms with Crippen LogP contribution < -0.4 is 4.74 Å². The van der Waals surface area contributed by atoms with Gasteiger partial charge in [0, 0.05) is 43.2 Å². The van der Waals surface area contributed by atoms with Crippen molar-refractivity contribution in [2.24, 2.45) is 5.92 Å². The Balaban J connectivity index is 1.59. The molecule has 5 heteroatoms. The Hall–Kier alpha value is -2.82. The molecule has 1 saturated heterocycles. The van der Waals surface area contributed by atoms with E-state index in [1.807, 2.05) is 72.2 Å². The summed E-state index contributed by atoms with van der Waals surface area (Å²) in [6.45, 7) is 6.15. The third kappa shape index (κ3) is 3.18.